The molecule has 6 heteroatoms. The molecule has 0 saturated carbocycles. The van der Waals surface area contributed by atoms with Crippen LogP contribution in [0.15, 0.2) is 0 Å². The van der Waals surface area contributed by atoms with Crippen molar-refractivity contribution in [2.24, 2.45) is 0 Å². The van der Waals surface area contributed by atoms with E-state index < -0.39 is 23.2 Å². The molecule has 1 unspecified atom stereocenters. The Bertz CT molecular complexity index is 349. The molecule has 1 amide bonds. The zero-order valence-corrected chi connectivity index (χ0v) is 12.3. The Morgan fingerprint density at radius 3 is 2.37 bits per heavy atom. The number of hydrogen-bond donors (Lipinski definition) is 0. The van der Waals surface area contributed by atoms with Crippen molar-refractivity contribution in [3.63, 3.8) is 0 Å². The summed E-state index contributed by atoms with van der Waals surface area (Å²) in [6.45, 7) is 5.94. The van der Waals surface area contributed by atoms with Crippen molar-refractivity contribution in [3.8, 4) is 0 Å². The monoisotopic (exact) mass is 273 g/mol. The van der Waals surface area contributed by atoms with Crippen LogP contribution in [-0.2, 0) is 19.0 Å². The molecule has 0 bridgehead atoms. The Morgan fingerprint density at radius 2 is 1.89 bits per heavy atom. The molecule has 1 heterocycles. The van der Waals surface area contributed by atoms with Gasteiger partial charge in [0.15, 0.2) is 5.54 Å². The van der Waals surface area contributed by atoms with Gasteiger partial charge in [0.2, 0.25) is 0 Å². The number of likely N-dealkylation sites (tertiary alicyclic amines) is 1. The predicted octanol–water partition coefficient (Wildman–Crippen LogP) is 1.58. The summed E-state index contributed by atoms with van der Waals surface area (Å²) in [5, 5.41) is 0. The number of hydrogen-bond acceptors (Lipinski definition) is 5. The maximum absolute atomic E-state index is 12.2. The Kier molecular flexibility index (Phi) is 4.79. The molecule has 1 aliphatic rings. The van der Waals surface area contributed by atoms with Gasteiger partial charge in [0.05, 0.1) is 13.7 Å². The van der Waals surface area contributed by atoms with Gasteiger partial charge in [0, 0.05) is 13.7 Å². The maximum atomic E-state index is 12.2. The van der Waals surface area contributed by atoms with Crippen LogP contribution in [-0.4, -0.2) is 55.5 Å². The Hall–Kier alpha value is -1.30. The number of carbonyl (C=O) groups excluding carboxylic acids is 2. The first kappa shape index (κ1) is 15.8. The van der Waals surface area contributed by atoms with Crippen molar-refractivity contribution < 1.29 is 23.8 Å². The third-order valence-electron chi connectivity index (χ3n) is 3.05. The van der Waals surface area contributed by atoms with Crippen LogP contribution in [0.25, 0.3) is 0 Å². The van der Waals surface area contributed by atoms with E-state index in [4.69, 9.17) is 14.2 Å². The van der Waals surface area contributed by atoms with Crippen LogP contribution in [0.5, 0.6) is 0 Å². The second-order valence-corrected chi connectivity index (χ2v) is 5.69. The average Bonchev–Trinajstić information content (AvgIpc) is 2.71. The van der Waals surface area contributed by atoms with Gasteiger partial charge >= 0.3 is 12.1 Å². The number of carbonyl (C=O) groups is 2. The van der Waals surface area contributed by atoms with E-state index in [9.17, 15) is 9.59 Å². The molecule has 1 saturated heterocycles. The van der Waals surface area contributed by atoms with Gasteiger partial charge in [0.25, 0.3) is 0 Å². The van der Waals surface area contributed by atoms with Crippen molar-refractivity contribution in [1.82, 2.24) is 4.90 Å². The van der Waals surface area contributed by atoms with Gasteiger partial charge in [-0.15, -0.1) is 0 Å². The zero-order chi connectivity index (χ0) is 14.7. The third-order valence-corrected chi connectivity index (χ3v) is 3.05. The fourth-order valence-corrected chi connectivity index (χ4v) is 2.31. The second-order valence-electron chi connectivity index (χ2n) is 5.69. The van der Waals surface area contributed by atoms with Crippen LogP contribution in [0.3, 0.4) is 0 Å². The topological polar surface area (TPSA) is 65.1 Å². The summed E-state index contributed by atoms with van der Waals surface area (Å²) in [5.41, 5.74) is -1.67. The van der Waals surface area contributed by atoms with E-state index in [-0.39, 0.29) is 6.61 Å². The van der Waals surface area contributed by atoms with Crippen LogP contribution in [0.1, 0.15) is 33.6 Å². The Labute approximate surface area is 114 Å². The quantitative estimate of drug-likeness (QED) is 0.730. The number of nitrogens with zero attached hydrogens (tertiary/aromatic N) is 1. The fraction of sp³-hybridized carbons (Fsp3) is 0.846. The number of rotatable bonds is 3. The zero-order valence-electron chi connectivity index (χ0n) is 12.3. The van der Waals surface area contributed by atoms with E-state index in [0.29, 0.717) is 13.0 Å². The van der Waals surface area contributed by atoms with Crippen LogP contribution >= 0.6 is 0 Å². The van der Waals surface area contributed by atoms with Crippen molar-refractivity contribution in [1.29, 1.82) is 0 Å². The first-order chi connectivity index (χ1) is 8.77. The van der Waals surface area contributed by atoms with Gasteiger partial charge in [-0.2, -0.15) is 0 Å². The molecule has 0 aromatic rings. The lowest BCUT2D eigenvalue weighted by molar-refractivity contribution is -0.156. The largest absolute Gasteiger partial charge is 0.467 e. The average molecular weight is 273 g/mol. The lowest BCUT2D eigenvalue weighted by Crippen LogP contribution is -2.57. The molecular formula is C13H23NO5. The highest BCUT2D eigenvalue weighted by molar-refractivity contribution is 5.86. The van der Waals surface area contributed by atoms with Crippen molar-refractivity contribution in [2.45, 2.75) is 44.8 Å². The minimum atomic E-state index is -1.06. The molecule has 0 aromatic carbocycles. The molecular weight excluding hydrogens is 250 g/mol. The molecule has 1 aliphatic heterocycles. The van der Waals surface area contributed by atoms with E-state index in [1.165, 1.54) is 19.1 Å². The number of esters is 1. The Morgan fingerprint density at radius 1 is 1.26 bits per heavy atom. The van der Waals surface area contributed by atoms with Gasteiger partial charge in [-0.25, -0.2) is 9.59 Å². The van der Waals surface area contributed by atoms with Crippen LogP contribution in [0.2, 0.25) is 0 Å². The first-order valence-electron chi connectivity index (χ1n) is 6.35. The highest BCUT2D eigenvalue weighted by Gasteiger charge is 2.52. The summed E-state index contributed by atoms with van der Waals surface area (Å²) in [6, 6.07) is 0. The lowest BCUT2D eigenvalue weighted by atomic mass is 9.97. The molecule has 0 N–H and O–H groups in total. The van der Waals surface area contributed by atoms with E-state index in [2.05, 4.69) is 0 Å². The minimum absolute atomic E-state index is 0.110. The molecule has 0 spiro atoms. The highest BCUT2D eigenvalue weighted by Crippen LogP contribution is 2.32. The van der Waals surface area contributed by atoms with Crippen LogP contribution in [0.4, 0.5) is 4.79 Å². The summed E-state index contributed by atoms with van der Waals surface area (Å²) in [6.07, 6.45) is 0.734. The summed E-state index contributed by atoms with van der Waals surface area (Å²) in [5.74, 6) is -0.460. The van der Waals surface area contributed by atoms with Crippen LogP contribution < -0.4 is 0 Å². The molecule has 0 radical (unpaired) electrons. The van der Waals surface area contributed by atoms with E-state index in [1.54, 1.807) is 20.8 Å². The fourth-order valence-electron chi connectivity index (χ4n) is 2.31. The highest BCUT2D eigenvalue weighted by atomic mass is 16.6. The van der Waals surface area contributed by atoms with Gasteiger partial charge in [-0.05, 0) is 33.6 Å². The van der Waals surface area contributed by atoms with Crippen molar-refractivity contribution >= 4 is 12.1 Å². The van der Waals surface area contributed by atoms with Gasteiger partial charge in [-0.1, -0.05) is 0 Å². The molecule has 0 aliphatic carbocycles. The Balaban J connectivity index is 2.96. The predicted molar refractivity (Wildman–Crippen MR) is 68.8 cm³/mol. The molecule has 1 atom stereocenters. The molecule has 0 aromatic heterocycles. The standard InChI is InChI=1S/C13H23NO5/c1-12(2,3)19-11(16)14-8-6-7-13(14,9-17-4)10(15)18-5/h6-9H2,1-5H3. The summed E-state index contributed by atoms with van der Waals surface area (Å²) in [4.78, 5) is 25.7. The van der Waals surface area contributed by atoms with Crippen molar-refractivity contribution in [2.75, 3.05) is 27.4 Å². The third kappa shape index (κ3) is 3.37. The number of ether oxygens (including phenoxy) is 3. The molecule has 6 nitrogen and oxygen atoms in total. The van der Waals surface area contributed by atoms with E-state index in [0.717, 1.165) is 6.42 Å². The molecule has 110 valence electrons. The smallest absolute Gasteiger partial charge is 0.411 e. The summed E-state index contributed by atoms with van der Waals surface area (Å²) >= 11 is 0. The minimum Gasteiger partial charge on any atom is -0.467 e. The first-order valence-corrected chi connectivity index (χ1v) is 6.35. The number of amides is 1. The van der Waals surface area contributed by atoms with Gasteiger partial charge < -0.3 is 14.2 Å². The second kappa shape index (κ2) is 5.77. The van der Waals surface area contributed by atoms with E-state index in [1.807, 2.05) is 0 Å². The molecule has 1 fully saturated rings. The van der Waals surface area contributed by atoms with Crippen molar-refractivity contribution in [3.05, 3.63) is 0 Å². The molecule has 1 rings (SSSR count). The van der Waals surface area contributed by atoms with Gasteiger partial charge in [0.1, 0.15) is 5.60 Å². The number of methoxy groups -OCH3 is 2. The maximum Gasteiger partial charge on any atom is 0.411 e. The van der Waals surface area contributed by atoms with Crippen LogP contribution in [0, 0.1) is 0 Å². The van der Waals surface area contributed by atoms with Gasteiger partial charge in [-0.3, -0.25) is 4.90 Å². The normalized spacial score (nSPS) is 23.3. The molecule has 19 heavy (non-hydrogen) atoms. The summed E-state index contributed by atoms with van der Waals surface area (Å²) in [7, 11) is 2.81. The SMILES string of the molecule is COCC1(C(=O)OC)CCCN1C(=O)OC(C)(C)C. The summed E-state index contributed by atoms with van der Waals surface area (Å²) < 4.78 is 15.3. The lowest BCUT2D eigenvalue weighted by Gasteiger charge is -2.36. The van der Waals surface area contributed by atoms with E-state index >= 15 is 0 Å².